The lowest BCUT2D eigenvalue weighted by molar-refractivity contribution is -0.120. The number of amides is 1. The summed E-state index contributed by atoms with van der Waals surface area (Å²) < 4.78 is 10.2. The number of hydrogen-bond acceptors (Lipinski definition) is 5. The zero-order valence-corrected chi connectivity index (χ0v) is 13.0. The van der Waals surface area contributed by atoms with Crippen LogP contribution in [0.1, 0.15) is 5.56 Å². The highest BCUT2D eigenvalue weighted by atomic mass is 16.6. The number of rotatable bonds is 7. The number of oxime groups is 1. The third-order valence-corrected chi connectivity index (χ3v) is 2.97. The minimum atomic E-state index is -0.318. The van der Waals surface area contributed by atoms with Crippen molar-refractivity contribution in [2.75, 3.05) is 26.1 Å². The van der Waals surface area contributed by atoms with Gasteiger partial charge in [-0.25, -0.2) is 0 Å². The zero-order chi connectivity index (χ0) is 16.5. The first-order valence-electron chi connectivity index (χ1n) is 6.95. The summed E-state index contributed by atoms with van der Waals surface area (Å²) >= 11 is 0. The van der Waals surface area contributed by atoms with Crippen molar-refractivity contribution in [3.05, 3.63) is 54.1 Å². The van der Waals surface area contributed by atoms with Gasteiger partial charge in [-0.2, -0.15) is 0 Å². The van der Waals surface area contributed by atoms with Crippen LogP contribution in [0.2, 0.25) is 0 Å². The van der Waals surface area contributed by atoms with E-state index in [1.54, 1.807) is 32.4 Å². The van der Waals surface area contributed by atoms with Gasteiger partial charge in [-0.3, -0.25) is 4.79 Å². The fourth-order valence-electron chi connectivity index (χ4n) is 1.82. The summed E-state index contributed by atoms with van der Waals surface area (Å²) in [4.78, 5) is 16.8. The lowest BCUT2D eigenvalue weighted by Crippen LogP contribution is -2.17. The SMILES string of the molecule is COc1ccc(C=NOCC(=O)Nc2ccccc2OC)cc1. The molecule has 23 heavy (non-hydrogen) atoms. The number of methoxy groups -OCH3 is 2. The van der Waals surface area contributed by atoms with E-state index in [4.69, 9.17) is 14.3 Å². The monoisotopic (exact) mass is 314 g/mol. The van der Waals surface area contributed by atoms with Crippen molar-refractivity contribution in [2.24, 2.45) is 5.16 Å². The molecule has 2 aromatic carbocycles. The predicted molar refractivity (Wildman–Crippen MR) is 88.2 cm³/mol. The number of nitrogens with one attached hydrogen (secondary N) is 1. The standard InChI is InChI=1S/C17H18N2O4/c1-21-14-9-7-13(8-10-14)11-18-23-12-17(20)19-15-5-3-4-6-16(15)22-2/h3-11H,12H2,1-2H3,(H,19,20). The van der Waals surface area contributed by atoms with E-state index in [9.17, 15) is 4.79 Å². The van der Waals surface area contributed by atoms with Crippen molar-refractivity contribution in [1.82, 2.24) is 0 Å². The summed E-state index contributed by atoms with van der Waals surface area (Å²) in [6.45, 7) is -0.190. The molecule has 0 fully saturated rings. The molecule has 0 spiro atoms. The number of hydrogen-bond donors (Lipinski definition) is 1. The minimum absolute atomic E-state index is 0.190. The number of anilines is 1. The largest absolute Gasteiger partial charge is 0.497 e. The fraction of sp³-hybridized carbons (Fsp3) is 0.176. The Bertz CT molecular complexity index is 669. The molecule has 0 bridgehead atoms. The Labute approximate surface area is 134 Å². The van der Waals surface area contributed by atoms with Gasteiger partial charge in [0.2, 0.25) is 0 Å². The van der Waals surface area contributed by atoms with E-state index in [0.717, 1.165) is 11.3 Å². The summed E-state index contributed by atoms with van der Waals surface area (Å²) in [5, 5.41) is 6.46. The topological polar surface area (TPSA) is 69.2 Å². The molecule has 0 aliphatic heterocycles. The summed E-state index contributed by atoms with van der Waals surface area (Å²) in [7, 11) is 3.15. The van der Waals surface area contributed by atoms with Gasteiger partial charge in [0.05, 0.1) is 26.1 Å². The van der Waals surface area contributed by atoms with E-state index >= 15 is 0 Å². The van der Waals surface area contributed by atoms with Gasteiger partial charge in [0.1, 0.15) is 11.5 Å². The molecule has 120 valence electrons. The molecule has 1 N–H and O–H groups in total. The van der Waals surface area contributed by atoms with Gasteiger partial charge in [-0.1, -0.05) is 17.3 Å². The smallest absolute Gasteiger partial charge is 0.265 e. The zero-order valence-electron chi connectivity index (χ0n) is 13.0. The second-order valence-electron chi connectivity index (χ2n) is 4.53. The molecule has 0 saturated carbocycles. The van der Waals surface area contributed by atoms with Crippen LogP contribution in [0.5, 0.6) is 11.5 Å². The van der Waals surface area contributed by atoms with Crippen LogP contribution in [0.3, 0.4) is 0 Å². The maximum atomic E-state index is 11.8. The lowest BCUT2D eigenvalue weighted by atomic mass is 10.2. The highest BCUT2D eigenvalue weighted by Crippen LogP contribution is 2.22. The molecular weight excluding hydrogens is 296 g/mol. The highest BCUT2D eigenvalue weighted by Gasteiger charge is 2.06. The molecule has 0 atom stereocenters. The second kappa shape index (κ2) is 8.43. The van der Waals surface area contributed by atoms with E-state index in [2.05, 4.69) is 10.5 Å². The van der Waals surface area contributed by atoms with E-state index in [0.29, 0.717) is 11.4 Å². The van der Waals surface area contributed by atoms with Crippen molar-refractivity contribution in [3.63, 3.8) is 0 Å². The van der Waals surface area contributed by atoms with Gasteiger partial charge in [0.25, 0.3) is 5.91 Å². The Balaban J connectivity index is 1.81. The molecule has 6 heteroatoms. The van der Waals surface area contributed by atoms with Gasteiger partial charge in [0, 0.05) is 0 Å². The predicted octanol–water partition coefficient (Wildman–Crippen LogP) is 2.69. The number of nitrogens with zero attached hydrogens (tertiary/aromatic N) is 1. The molecular formula is C17H18N2O4. The van der Waals surface area contributed by atoms with Gasteiger partial charge in [0.15, 0.2) is 6.61 Å². The molecule has 0 unspecified atom stereocenters. The Kier molecular flexibility index (Phi) is 5.99. The number of benzene rings is 2. The average Bonchev–Trinajstić information content (AvgIpc) is 2.59. The van der Waals surface area contributed by atoms with Gasteiger partial charge >= 0.3 is 0 Å². The van der Waals surface area contributed by atoms with Crippen LogP contribution in [0.4, 0.5) is 5.69 Å². The summed E-state index contributed by atoms with van der Waals surface area (Å²) in [5.41, 5.74) is 1.43. The van der Waals surface area contributed by atoms with Crippen LogP contribution in [0.25, 0.3) is 0 Å². The Hall–Kier alpha value is -3.02. The Morgan fingerprint density at radius 1 is 1.09 bits per heavy atom. The average molecular weight is 314 g/mol. The number of para-hydroxylation sites is 2. The Morgan fingerprint density at radius 2 is 1.83 bits per heavy atom. The van der Waals surface area contributed by atoms with E-state index in [-0.39, 0.29) is 12.5 Å². The van der Waals surface area contributed by atoms with Crippen molar-refractivity contribution in [3.8, 4) is 11.5 Å². The molecule has 0 aliphatic carbocycles. The molecule has 0 aliphatic rings. The van der Waals surface area contributed by atoms with Gasteiger partial charge in [-0.15, -0.1) is 0 Å². The maximum Gasteiger partial charge on any atom is 0.265 e. The summed E-state index contributed by atoms with van der Waals surface area (Å²) in [5.74, 6) is 1.03. The van der Waals surface area contributed by atoms with Crippen LogP contribution < -0.4 is 14.8 Å². The molecule has 1 amide bonds. The second-order valence-corrected chi connectivity index (χ2v) is 4.53. The first-order valence-corrected chi connectivity index (χ1v) is 6.95. The third kappa shape index (κ3) is 5.03. The van der Waals surface area contributed by atoms with Crippen molar-refractivity contribution < 1.29 is 19.1 Å². The van der Waals surface area contributed by atoms with Crippen LogP contribution in [0.15, 0.2) is 53.7 Å². The number of ether oxygens (including phenoxy) is 2. The lowest BCUT2D eigenvalue weighted by Gasteiger charge is -2.08. The summed E-state index contributed by atoms with van der Waals surface area (Å²) in [6.07, 6.45) is 1.52. The highest BCUT2D eigenvalue weighted by molar-refractivity contribution is 5.93. The first kappa shape index (κ1) is 16.4. The third-order valence-electron chi connectivity index (χ3n) is 2.97. The van der Waals surface area contributed by atoms with Crippen LogP contribution in [-0.4, -0.2) is 32.9 Å². The quantitative estimate of drug-likeness (QED) is 0.630. The first-order chi connectivity index (χ1) is 11.2. The molecule has 0 radical (unpaired) electrons. The molecule has 0 aromatic heterocycles. The minimum Gasteiger partial charge on any atom is -0.497 e. The molecule has 0 saturated heterocycles. The molecule has 2 rings (SSSR count). The number of carbonyl (C=O) groups excluding carboxylic acids is 1. The summed E-state index contributed by atoms with van der Waals surface area (Å²) in [6, 6.07) is 14.4. The Morgan fingerprint density at radius 3 is 2.52 bits per heavy atom. The van der Waals surface area contributed by atoms with Crippen LogP contribution >= 0.6 is 0 Å². The van der Waals surface area contributed by atoms with Crippen LogP contribution in [0, 0.1) is 0 Å². The van der Waals surface area contributed by atoms with E-state index in [1.165, 1.54) is 6.21 Å². The number of carbonyl (C=O) groups is 1. The molecule has 2 aromatic rings. The molecule has 0 heterocycles. The normalized spacial score (nSPS) is 10.3. The van der Waals surface area contributed by atoms with E-state index < -0.39 is 0 Å². The van der Waals surface area contributed by atoms with Gasteiger partial charge < -0.3 is 19.6 Å². The van der Waals surface area contributed by atoms with E-state index in [1.807, 2.05) is 30.3 Å². The van der Waals surface area contributed by atoms with Crippen molar-refractivity contribution in [2.45, 2.75) is 0 Å². The van der Waals surface area contributed by atoms with Crippen molar-refractivity contribution in [1.29, 1.82) is 0 Å². The fourth-order valence-corrected chi connectivity index (χ4v) is 1.82. The van der Waals surface area contributed by atoms with Crippen molar-refractivity contribution >= 4 is 17.8 Å². The van der Waals surface area contributed by atoms with Gasteiger partial charge in [-0.05, 0) is 42.0 Å². The van der Waals surface area contributed by atoms with Crippen LogP contribution in [-0.2, 0) is 9.63 Å². The maximum absolute atomic E-state index is 11.8. The molecule has 6 nitrogen and oxygen atoms in total.